The van der Waals surface area contributed by atoms with Crippen LogP contribution in [0, 0.1) is 0 Å². The van der Waals surface area contributed by atoms with E-state index in [4.69, 9.17) is 34.3 Å². The van der Waals surface area contributed by atoms with Crippen molar-refractivity contribution in [2.45, 2.75) is 0 Å². The lowest BCUT2D eigenvalue weighted by Crippen LogP contribution is -2.19. The molecule has 0 aliphatic carbocycles. The largest absolute Gasteiger partial charge is 0.494 e. The Morgan fingerprint density at radius 2 is 2.20 bits per heavy atom. The Morgan fingerprint density at radius 3 is 2.67 bits per heavy atom. The number of methoxy groups -OCH3 is 1. The highest BCUT2D eigenvalue weighted by Crippen LogP contribution is 2.43. The summed E-state index contributed by atoms with van der Waals surface area (Å²) in [7, 11) is 1.56. The van der Waals surface area contributed by atoms with Crippen LogP contribution < -0.4 is 15.8 Å². The molecule has 1 aromatic carbocycles. The van der Waals surface area contributed by atoms with Gasteiger partial charge in [0.1, 0.15) is 5.75 Å². The molecule has 0 heterocycles. The molecule has 0 spiro atoms. The molecule has 0 saturated heterocycles. The van der Waals surface area contributed by atoms with E-state index in [1.807, 2.05) is 0 Å². The molecule has 0 unspecified atom stereocenters. The first-order chi connectivity index (χ1) is 6.97. The van der Waals surface area contributed by atoms with Gasteiger partial charge in [-0.1, -0.05) is 11.6 Å². The first kappa shape index (κ1) is 13.0. The van der Waals surface area contributed by atoms with E-state index in [9.17, 15) is 0 Å². The summed E-state index contributed by atoms with van der Waals surface area (Å²) < 4.78 is 6.59. The van der Waals surface area contributed by atoms with Crippen LogP contribution in [0.3, 0.4) is 0 Å². The molecule has 0 aromatic heterocycles. The minimum Gasteiger partial charge on any atom is -0.494 e. The van der Waals surface area contributed by atoms with Crippen LogP contribution in [-0.4, -0.2) is 12.2 Å². The normalized spacial score (nSPS) is 9.87. The van der Waals surface area contributed by atoms with Crippen LogP contribution in [-0.2, 0) is 0 Å². The van der Waals surface area contributed by atoms with Gasteiger partial charge in [-0.25, -0.2) is 0 Å². The number of anilines is 1. The summed E-state index contributed by atoms with van der Waals surface area (Å²) in [5.41, 5.74) is 5.97. The summed E-state index contributed by atoms with van der Waals surface area (Å²) in [5, 5.41) is 3.40. The van der Waals surface area contributed by atoms with Gasteiger partial charge in [-0.05, 0) is 50.1 Å². The van der Waals surface area contributed by atoms with Crippen LogP contribution in [0.25, 0.3) is 0 Å². The molecule has 7 heteroatoms. The summed E-state index contributed by atoms with van der Waals surface area (Å²) in [6.45, 7) is 0. The molecular formula is C8H7Br2ClN2OS. The van der Waals surface area contributed by atoms with Crippen molar-refractivity contribution in [3.05, 3.63) is 20.0 Å². The number of hydrogen-bond donors (Lipinski definition) is 2. The molecule has 0 aliphatic rings. The number of halogens is 3. The quantitative estimate of drug-likeness (QED) is 0.778. The van der Waals surface area contributed by atoms with E-state index in [1.54, 1.807) is 13.2 Å². The zero-order valence-electron chi connectivity index (χ0n) is 7.61. The SMILES string of the molecule is COc1c(Br)cc(Cl)c(NC(N)=S)c1Br. The fraction of sp³-hybridized carbons (Fsp3) is 0.125. The highest BCUT2D eigenvalue weighted by atomic mass is 79.9. The first-order valence-corrected chi connectivity index (χ1v) is 6.12. The van der Waals surface area contributed by atoms with Crippen molar-refractivity contribution in [1.82, 2.24) is 0 Å². The molecule has 3 nitrogen and oxygen atoms in total. The van der Waals surface area contributed by atoms with Crippen molar-refractivity contribution < 1.29 is 4.74 Å². The third-order valence-corrected chi connectivity index (χ3v) is 3.33. The van der Waals surface area contributed by atoms with Gasteiger partial charge < -0.3 is 15.8 Å². The zero-order valence-corrected chi connectivity index (χ0v) is 12.3. The zero-order chi connectivity index (χ0) is 11.6. The number of rotatable bonds is 2. The number of benzene rings is 1. The molecule has 0 amide bonds. The second-order valence-corrected chi connectivity index (χ2v) is 5.05. The predicted octanol–water partition coefficient (Wildman–Crippen LogP) is 3.53. The fourth-order valence-electron chi connectivity index (χ4n) is 0.997. The topological polar surface area (TPSA) is 47.3 Å². The van der Waals surface area contributed by atoms with E-state index in [1.165, 1.54) is 0 Å². The Hall–Kier alpha value is -0.0400. The molecular weight excluding hydrogens is 367 g/mol. The van der Waals surface area contributed by atoms with Crippen LogP contribution in [0.15, 0.2) is 15.0 Å². The highest BCUT2D eigenvalue weighted by molar-refractivity contribution is 9.11. The summed E-state index contributed by atoms with van der Waals surface area (Å²) in [6.07, 6.45) is 0. The van der Waals surface area contributed by atoms with E-state index in [-0.39, 0.29) is 5.11 Å². The van der Waals surface area contributed by atoms with Gasteiger partial charge in [-0.15, -0.1) is 0 Å². The molecule has 0 radical (unpaired) electrons. The first-order valence-electron chi connectivity index (χ1n) is 3.75. The molecule has 0 fully saturated rings. The summed E-state index contributed by atoms with van der Waals surface area (Å²) >= 11 is 17.4. The van der Waals surface area contributed by atoms with Gasteiger partial charge in [0.2, 0.25) is 0 Å². The van der Waals surface area contributed by atoms with Gasteiger partial charge in [0.25, 0.3) is 0 Å². The molecule has 0 aliphatic heterocycles. The van der Waals surface area contributed by atoms with Gasteiger partial charge in [0.15, 0.2) is 5.11 Å². The minimum atomic E-state index is 0.141. The van der Waals surface area contributed by atoms with E-state index in [0.717, 1.165) is 4.47 Å². The van der Waals surface area contributed by atoms with Crippen molar-refractivity contribution in [3.63, 3.8) is 0 Å². The lowest BCUT2D eigenvalue weighted by atomic mass is 10.3. The Labute approximate surface area is 115 Å². The molecule has 1 rings (SSSR count). The van der Waals surface area contributed by atoms with E-state index >= 15 is 0 Å². The van der Waals surface area contributed by atoms with Crippen molar-refractivity contribution >= 4 is 66.5 Å². The van der Waals surface area contributed by atoms with Crippen LogP contribution >= 0.6 is 55.7 Å². The highest BCUT2D eigenvalue weighted by Gasteiger charge is 2.15. The number of thiocarbonyl (C=S) groups is 1. The van der Waals surface area contributed by atoms with Gasteiger partial charge in [0.05, 0.1) is 26.8 Å². The van der Waals surface area contributed by atoms with Crippen molar-refractivity contribution in [2.75, 3.05) is 12.4 Å². The van der Waals surface area contributed by atoms with Crippen LogP contribution in [0.4, 0.5) is 5.69 Å². The predicted molar refractivity (Wildman–Crippen MR) is 73.8 cm³/mol. The van der Waals surface area contributed by atoms with E-state index in [2.05, 4.69) is 37.2 Å². The van der Waals surface area contributed by atoms with E-state index < -0.39 is 0 Å². The monoisotopic (exact) mass is 372 g/mol. The second-order valence-electron chi connectivity index (χ2n) is 2.55. The molecule has 0 atom stereocenters. The molecule has 15 heavy (non-hydrogen) atoms. The van der Waals surface area contributed by atoms with Crippen LogP contribution in [0.1, 0.15) is 0 Å². The molecule has 3 N–H and O–H groups in total. The van der Waals surface area contributed by atoms with Gasteiger partial charge in [-0.2, -0.15) is 0 Å². The van der Waals surface area contributed by atoms with Crippen molar-refractivity contribution in [1.29, 1.82) is 0 Å². The fourth-order valence-corrected chi connectivity index (χ4v) is 3.14. The summed E-state index contributed by atoms with van der Waals surface area (Å²) in [5.74, 6) is 0.623. The van der Waals surface area contributed by atoms with Gasteiger partial charge in [-0.3, -0.25) is 0 Å². The number of nitrogens with two attached hydrogens (primary N) is 1. The van der Waals surface area contributed by atoms with Crippen molar-refractivity contribution in [3.8, 4) is 5.75 Å². The summed E-state index contributed by atoms with van der Waals surface area (Å²) in [4.78, 5) is 0. The van der Waals surface area contributed by atoms with Gasteiger partial charge in [0, 0.05) is 0 Å². The van der Waals surface area contributed by atoms with Gasteiger partial charge >= 0.3 is 0 Å². The van der Waals surface area contributed by atoms with E-state index in [0.29, 0.717) is 20.9 Å². The average molecular weight is 374 g/mol. The molecule has 1 aromatic rings. The minimum absolute atomic E-state index is 0.141. The third kappa shape index (κ3) is 2.96. The maximum Gasteiger partial charge on any atom is 0.168 e. The molecule has 82 valence electrons. The standard InChI is InChI=1S/C8H7Br2ClN2OS/c1-14-7-3(9)2-4(11)6(5(7)10)13-8(12)15/h2H,1H3,(H3,12,13,15). The number of hydrogen-bond acceptors (Lipinski definition) is 2. The van der Waals surface area contributed by atoms with Crippen molar-refractivity contribution in [2.24, 2.45) is 5.73 Å². The molecule has 0 saturated carbocycles. The number of nitrogens with one attached hydrogen (secondary N) is 1. The molecule has 0 bridgehead atoms. The summed E-state index contributed by atoms with van der Waals surface area (Å²) in [6, 6.07) is 1.70. The smallest absolute Gasteiger partial charge is 0.168 e. The Balaban J connectivity index is 3.32. The second kappa shape index (κ2) is 5.34. The lowest BCUT2D eigenvalue weighted by molar-refractivity contribution is 0.410. The Kier molecular flexibility index (Phi) is 4.64. The third-order valence-electron chi connectivity index (χ3n) is 1.58. The van der Waals surface area contributed by atoms with Crippen LogP contribution in [0.5, 0.6) is 5.75 Å². The average Bonchev–Trinajstić information content (AvgIpc) is 2.12. The lowest BCUT2D eigenvalue weighted by Gasteiger charge is -2.13. The Bertz CT molecular complexity index is 414. The van der Waals surface area contributed by atoms with Crippen LogP contribution in [0.2, 0.25) is 5.02 Å². The number of ether oxygens (including phenoxy) is 1. The maximum absolute atomic E-state index is 6.01. The Morgan fingerprint density at radius 1 is 1.60 bits per heavy atom. The maximum atomic E-state index is 6.01.